The summed E-state index contributed by atoms with van der Waals surface area (Å²) in [6.07, 6.45) is 3.50. The Kier molecular flexibility index (Phi) is 9.30. The second-order valence-corrected chi connectivity index (χ2v) is 15.4. The van der Waals surface area contributed by atoms with Crippen molar-refractivity contribution in [2.45, 2.75) is 83.0 Å². The third kappa shape index (κ3) is 6.24. The first-order valence-electron chi connectivity index (χ1n) is 17.9. The molecule has 5 heterocycles. The normalized spacial score (nSPS) is 22.1. The van der Waals surface area contributed by atoms with Gasteiger partial charge in [-0.05, 0) is 75.8 Å². The number of nitrogens with one attached hydrogen (secondary N) is 3. The van der Waals surface area contributed by atoms with Crippen LogP contribution < -0.4 is 16.0 Å². The van der Waals surface area contributed by atoms with E-state index >= 15 is 0 Å². The lowest BCUT2D eigenvalue weighted by molar-refractivity contribution is -0.141. The highest BCUT2D eigenvalue weighted by molar-refractivity contribution is 7.19. The number of hydrogen-bond acceptors (Lipinski definition) is 12. The van der Waals surface area contributed by atoms with Gasteiger partial charge >= 0.3 is 5.97 Å². The highest BCUT2D eigenvalue weighted by Gasteiger charge is 2.46. The number of aryl methyl sites for hydroxylation is 1. The zero-order valence-corrected chi connectivity index (χ0v) is 31.3. The van der Waals surface area contributed by atoms with Crippen LogP contribution in [0.5, 0.6) is 0 Å². The Balaban J connectivity index is 1.01. The Hall–Kier alpha value is -5.41. The molecule has 1 unspecified atom stereocenters. The standard InChI is InChI=1S/C38H37ClN8O6S/c1-18-30-32(20-7-9-21(39)10-8-20)42-26(17-29(49)53-3)33-45-44-19(2)46(33)38(30)54-35(18)41-23-13-11-22(12-14-23)40-25-6-4-5-24-31(25)37(52)47(36(24)51)27-15-16-28(48)43-34(27)50/h4-10,22-23,26-27,40-41H,11-17H2,1-3H3,(H,43,48,50)/t22?,23?,26-,27?/m0/s1. The van der Waals surface area contributed by atoms with Crippen molar-refractivity contribution in [2.75, 3.05) is 17.7 Å². The zero-order valence-electron chi connectivity index (χ0n) is 29.8. The number of hydrogen-bond donors (Lipinski definition) is 3. The second-order valence-electron chi connectivity index (χ2n) is 14.0. The summed E-state index contributed by atoms with van der Waals surface area (Å²) in [7, 11) is 1.36. The summed E-state index contributed by atoms with van der Waals surface area (Å²) in [6.45, 7) is 3.96. The molecular formula is C38H37ClN8O6S. The molecule has 4 aliphatic rings. The highest BCUT2D eigenvalue weighted by Crippen LogP contribution is 2.43. The molecule has 4 aromatic rings. The number of amides is 4. The number of imide groups is 2. The average Bonchev–Trinajstić information content (AvgIpc) is 3.74. The Bertz CT molecular complexity index is 2260. The Morgan fingerprint density at radius 3 is 2.37 bits per heavy atom. The fraction of sp³-hybridized carbons (Fsp3) is 0.368. The van der Waals surface area contributed by atoms with Crippen molar-refractivity contribution in [1.29, 1.82) is 0 Å². The predicted molar refractivity (Wildman–Crippen MR) is 202 cm³/mol. The summed E-state index contributed by atoms with van der Waals surface area (Å²) >= 11 is 7.87. The number of benzene rings is 2. The van der Waals surface area contributed by atoms with E-state index in [2.05, 4.69) is 33.1 Å². The molecule has 16 heteroatoms. The van der Waals surface area contributed by atoms with E-state index in [1.807, 2.05) is 35.8 Å². The van der Waals surface area contributed by atoms with E-state index in [1.165, 1.54) is 7.11 Å². The summed E-state index contributed by atoms with van der Waals surface area (Å²) < 4.78 is 7.00. The Labute approximate surface area is 319 Å². The third-order valence-corrected chi connectivity index (χ3v) is 12.1. The van der Waals surface area contributed by atoms with Gasteiger partial charge in [0.05, 0.1) is 35.4 Å². The molecule has 14 nitrogen and oxygen atoms in total. The topological polar surface area (TPSA) is 177 Å². The van der Waals surface area contributed by atoms with Crippen molar-refractivity contribution in [2.24, 2.45) is 4.99 Å². The van der Waals surface area contributed by atoms with Gasteiger partial charge < -0.3 is 15.4 Å². The number of carbonyl (C=O) groups excluding carboxylic acids is 5. The molecule has 0 radical (unpaired) electrons. The van der Waals surface area contributed by atoms with Gasteiger partial charge in [0.1, 0.15) is 22.9 Å². The Morgan fingerprint density at radius 2 is 1.67 bits per heavy atom. The number of thiophene rings is 1. The number of methoxy groups -OCH3 is 1. The third-order valence-electron chi connectivity index (χ3n) is 10.6. The lowest BCUT2D eigenvalue weighted by atomic mass is 9.90. The molecule has 1 saturated heterocycles. The molecule has 3 N–H and O–H groups in total. The molecular weight excluding hydrogens is 732 g/mol. The number of halogens is 1. The molecule has 0 bridgehead atoms. The average molecular weight is 769 g/mol. The first-order valence-corrected chi connectivity index (χ1v) is 19.1. The van der Waals surface area contributed by atoms with Gasteiger partial charge in [-0.1, -0.05) is 41.1 Å². The van der Waals surface area contributed by atoms with Gasteiger partial charge in [-0.15, -0.1) is 10.2 Å². The molecule has 54 heavy (non-hydrogen) atoms. The number of ether oxygens (including phenoxy) is 1. The van der Waals surface area contributed by atoms with Crippen molar-refractivity contribution in [3.8, 4) is 5.00 Å². The predicted octanol–water partition coefficient (Wildman–Crippen LogP) is 5.29. The number of rotatable bonds is 8. The quantitative estimate of drug-likeness (QED) is 0.158. The summed E-state index contributed by atoms with van der Waals surface area (Å²) in [6, 6.07) is 11.2. The van der Waals surface area contributed by atoms with Gasteiger partial charge in [-0.25, -0.2) is 0 Å². The van der Waals surface area contributed by atoms with Gasteiger partial charge in [-0.2, -0.15) is 0 Å². The summed E-state index contributed by atoms with van der Waals surface area (Å²) in [5, 5.41) is 20.9. The monoisotopic (exact) mass is 768 g/mol. The van der Waals surface area contributed by atoms with E-state index in [0.717, 1.165) is 63.0 Å². The van der Waals surface area contributed by atoms with Gasteiger partial charge in [-0.3, -0.25) is 43.7 Å². The van der Waals surface area contributed by atoms with Crippen molar-refractivity contribution < 1.29 is 28.7 Å². The fourth-order valence-corrected chi connectivity index (χ4v) is 9.29. The van der Waals surface area contributed by atoms with Crippen LogP contribution in [0.25, 0.3) is 5.00 Å². The zero-order chi connectivity index (χ0) is 37.8. The van der Waals surface area contributed by atoms with Crippen LogP contribution >= 0.6 is 22.9 Å². The molecule has 2 aromatic carbocycles. The smallest absolute Gasteiger partial charge is 0.308 e. The van der Waals surface area contributed by atoms with Crippen LogP contribution in [0.3, 0.4) is 0 Å². The lowest BCUT2D eigenvalue weighted by Gasteiger charge is -2.31. The van der Waals surface area contributed by atoms with Crippen LogP contribution in [-0.4, -0.2) is 80.2 Å². The molecule has 2 atom stereocenters. The first-order chi connectivity index (χ1) is 26.0. The maximum atomic E-state index is 13.6. The van der Waals surface area contributed by atoms with E-state index in [9.17, 15) is 24.0 Å². The fourth-order valence-electron chi connectivity index (χ4n) is 7.82. The lowest BCUT2D eigenvalue weighted by Crippen LogP contribution is -2.54. The number of carbonyl (C=O) groups is 5. The number of nitrogens with zero attached hydrogens (tertiary/aromatic N) is 5. The maximum absolute atomic E-state index is 13.6. The Morgan fingerprint density at radius 1 is 0.944 bits per heavy atom. The summed E-state index contributed by atoms with van der Waals surface area (Å²) in [5.41, 5.74) is 4.62. The SMILES string of the molecule is COC(=O)C[C@@H]1N=C(c2ccc(Cl)cc2)c2c(sc(NC3CCC(Nc4cccc5c4C(=O)N(C4CCC(=O)NC4=O)C5=O)CC3)c2C)-n2c(C)nnc21. The highest BCUT2D eigenvalue weighted by atomic mass is 35.5. The van der Waals surface area contributed by atoms with Gasteiger partial charge in [0.2, 0.25) is 11.8 Å². The number of aromatic nitrogens is 3. The molecule has 278 valence electrons. The summed E-state index contributed by atoms with van der Waals surface area (Å²) in [5.74, 6) is -1.25. The molecule has 1 saturated carbocycles. The first kappa shape index (κ1) is 35.6. The van der Waals surface area contributed by atoms with Gasteiger partial charge in [0.25, 0.3) is 11.8 Å². The van der Waals surface area contributed by atoms with Gasteiger partial charge in [0, 0.05) is 40.3 Å². The van der Waals surface area contributed by atoms with Crippen LogP contribution in [0, 0.1) is 13.8 Å². The number of anilines is 2. The minimum atomic E-state index is -1.02. The van der Waals surface area contributed by atoms with E-state index in [1.54, 1.807) is 29.5 Å². The molecule has 8 rings (SSSR count). The molecule has 0 spiro atoms. The van der Waals surface area contributed by atoms with Crippen LogP contribution in [0.4, 0.5) is 10.7 Å². The minimum Gasteiger partial charge on any atom is -0.469 e. The number of fused-ring (bicyclic) bond motifs is 4. The van der Waals surface area contributed by atoms with Crippen LogP contribution in [-0.2, 0) is 19.1 Å². The largest absolute Gasteiger partial charge is 0.469 e. The van der Waals surface area contributed by atoms with Crippen LogP contribution in [0.1, 0.15) is 100 Å². The molecule has 4 amide bonds. The van der Waals surface area contributed by atoms with Gasteiger partial charge in [0.15, 0.2) is 5.82 Å². The van der Waals surface area contributed by atoms with E-state index in [4.69, 9.17) is 21.3 Å². The molecule has 3 aliphatic heterocycles. The van der Waals surface area contributed by atoms with E-state index in [-0.39, 0.29) is 42.5 Å². The maximum Gasteiger partial charge on any atom is 0.308 e. The molecule has 2 fully saturated rings. The number of esters is 1. The van der Waals surface area contributed by atoms with Crippen molar-refractivity contribution in [3.05, 3.63) is 87.0 Å². The van der Waals surface area contributed by atoms with Crippen molar-refractivity contribution in [3.63, 3.8) is 0 Å². The van der Waals surface area contributed by atoms with Crippen molar-refractivity contribution in [1.82, 2.24) is 25.0 Å². The number of piperidine rings is 1. The van der Waals surface area contributed by atoms with Crippen LogP contribution in [0.2, 0.25) is 5.02 Å². The van der Waals surface area contributed by atoms with Crippen LogP contribution in [0.15, 0.2) is 47.5 Å². The van der Waals surface area contributed by atoms with E-state index in [0.29, 0.717) is 22.4 Å². The molecule has 1 aliphatic carbocycles. The summed E-state index contributed by atoms with van der Waals surface area (Å²) in [4.78, 5) is 69.9. The second kappa shape index (κ2) is 14.1. The molecule has 2 aromatic heterocycles. The number of aliphatic imine (C=N–C) groups is 1. The van der Waals surface area contributed by atoms with E-state index < -0.39 is 41.7 Å². The van der Waals surface area contributed by atoms with Crippen molar-refractivity contribution >= 4 is 68.9 Å². The minimum absolute atomic E-state index is 0.0104.